The second kappa shape index (κ2) is 7.61. The number of nitrogens with zero attached hydrogens (tertiary/aromatic N) is 2. The van der Waals surface area contributed by atoms with Crippen molar-refractivity contribution in [2.45, 2.75) is 19.3 Å². The molecular weight excluding hydrogens is 350 g/mol. The summed E-state index contributed by atoms with van der Waals surface area (Å²) in [5, 5.41) is 9.60. The molecule has 142 valence electrons. The highest BCUT2D eigenvalue weighted by Crippen LogP contribution is 2.34. The van der Waals surface area contributed by atoms with E-state index < -0.39 is 11.9 Å². The number of hydrogen-bond donors (Lipinski definition) is 2. The Bertz CT molecular complexity index is 924. The number of rotatable bonds is 5. The molecule has 3 rings (SSSR count). The first-order valence-electron chi connectivity index (χ1n) is 8.58. The standard InChI is InChI=1S/C19H21N3O5/c1-11-20-8-13(18(24)21-11)7-17(23)22-9-15(16(10-22)19(25)26)12-4-3-5-14(6-12)27-2/h3-6,8,15-16H,7,9-10H2,1-2H3,(H,25,26)(H,20,21,24)/t15-,16+/m1/s1. The fourth-order valence-corrected chi connectivity index (χ4v) is 3.38. The van der Waals surface area contributed by atoms with Gasteiger partial charge in [0, 0.05) is 30.8 Å². The lowest BCUT2D eigenvalue weighted by molar-refractivity contribution is -0.141. The Hall–Kier alpha value is -3.16. The SMILES string of the molecule is COc1cccc([C@H]2CN(C(=O)Cc3cnc(C)[nH]c3=O)C[C@@H]2C(=O)O)c1. The first-order chi connectivity index (χ1) is 12.9. The third-order valence-corrected chi connectivity index (χ3v) is 4.85. The minimum Gasteiger partial charge on any atom is -0.497 e. The molecule has 0 unspecified atom stereocenters. The van der Waals surface area contributed by atoms with Crippen LogP contribution in [0.2, 0.25) is 0 Å². The Labute approximate surface area is 155 Å². The normalized spacial score (nSPS) is 19.1. The van der Waals surface area contributed by atoms with Crippen LogP contribution < -0.4 is 10.3 Å². The minimum absolute atomic E-state index is 0.104. The van der Waals surface area contributed by atoms with Crippen LogP contribution in [0.5, 0.6) is 5.75 Å². The van der Waals surface area contributed by atoms with Crippen LogP contribution in [0, 0.1) is 12.8 Å². The smallest absolute Gasteiger partial charge is 0.308 e. The van der Waals surface area contributed by atoms with Gasteiger partial charge in [0.2, 0.25) is 5.91 Å². The molecule has 0 radical (unpaired) electrons. The van der Waals surface area contributed by atoms with Crippen molar-refractivity contribution in [3.63, 3.8) is 0 Å². The molecule has 1 saturated heterocycles. The Morgan fingerprint density at radius 1 is 1.37 bits per heavy atom. The maximum atomic E-state index is 12.6. The molecule has 1 aromatic heterocycles. The average molecular weight is 371 g/mol. The number of benzene rings is 1. The maximum Gasteiger partial charge on any atom is 0.308 e. The molecule has 8 heteroatoms. The monoisotopic (exact) mass is 371 g/mol. The van der Waals surface area contributed by atoms with Gasteiger partial charge in [-0.15, -0.1) is 0 Å². The number of carboxylic acids is 1. The van der Waals surface area contributed by atoms with E-state index in [1.165, 1.54) is 11.1 Å². The lowest BCUT2D eigenvalue weighted by Crippen LogP contribution is -2.33. The average Bonchev–Trinajstić information content (AvgIpc) is 3.10. The number of aliphatic carboxylic acids is 1. The molecule has 1 aromatic carbocycles. The third-order valence-electron chi connectivity index (χ3n) is 4.85. The molecule has 0 aliphatic carbocycles. The number of carbonyl (C=O) groups is 2. The van der Waals surface area contributed by atoms with Crippen molar-refractivity contribution in [3.05, 3.63) is 57.8 Å². The van der Waals surface area contributed by atoms with Gasteiger partial charge in [0.15, 0.2) is 0 Å². The highest BCUT2D eigenvalue weighted by molar-refractivity contribution is 5.81. The second-order valence-corrected chi connectivity index (χ2v) is 6.63. The predicted molar refractivity (Wildman–Crippen MR) is 96.7 cm³/mol. The number of amides is 1. The van der Waals surface area contributed by atoms with Crippen LogP contribution >= 0.6 is 0 Å². The first-order valence-corrected chi connectivity index (χ1v) is 8.58. The third kappa shape index (κ3) is 3.99. The van der Waals surface area contributed by atoms with E-state index in [2.05, 4.69) is 9.97 Å². The first kappa shape index (κ1) is 18.6. The fourth-order valence-electron chi connectivity index (χ4n) is 3.38. The van der Waals surface area contributed by atoms with Gasteiger partial charge < -0.3 is 19.7 Å². The topological polar surface area (TPSA) is 113 Å². The summed E-state index contributed by atoms with van der Waals surface area (Å²) in [6.07, 6.45) is 1.27. The molecule has 2 N–H and O–H groups in total. The van der Waals surface area contributed by atoms with Gasteiger partial charge in [-0.05, 0) is 24.6 Å². The second-order valence-electron chi connectivity index (χ2n) is 6.63. The number of likely N-dealkylation sites (tertiary alicyclic amines) is 1. The van der Waals surface area contributed by atoms with Crippen molar-refractivity contribution in [2.24, 2.45) is 5.92 Å². The minimum atomic E-state index is -0.951. The molecule has 1 aliphatic heterocycles. The van der Waals surface area contributed by atoms with E-state index in [1.54, 1.807) is 32.2 Å². The van der Waals surface area contributed by atoms with Gasteiger partial charge in [0.1, 0.15) is 11.6 Å². The van der Waals surface area contributed by atoms with Crippen molar-refractivity contribution in [1.29, 1.82) is 0 Å². The van der Waals surface area contributed by atoms with Gasteiger partial charge in [-0.25, -0.2) is 4.98 Å². The number of ether oxygens (including phenoxy) is 1. The summed E-state index contributed by atoms with van der Waals surface area (Å²) in [7, 11) is 1.55. The summed E-state index contributed by atoms with van der Waals surface area (Å²) < 4.78 is 5.21. The van der Waals surface area contributed by atoms with Gasteiger partial charge in [-0.3, -0.25) is 14.4 Å². The van der Waals surface area contributed by atoms with E-state index in [4.69, 9.17) is 4.74 Å². The van der Waals surface area contributed by atoms with Gasteiger partial charge in [-0.1, -0.05) is 12.1 Å². The Kier molecular flexibility index (Phi) is 5.25. The van der Waals surface area contributed by atoms with Crippen molar-refractivity contribution < 1.29 is 19.4 Å². The van der Waals surface area contributed by atoms with E-state index in [9.17, 15) is 19.5 Å². The lowest BCUT2D eigenvalue weighted by Gasteiger charge is -2.17. The molecule has 1 aliphatic rings. The summed E-state index contributed by atoms with van der Waals surface area (Å²) in [5.41, 5.74) is 0.725. The molecule has 2 heterocycles. The zero-order valence-corrected chi connectivity index (χ0v) is 15.1. The highest BCUT2D eigenvalue weighted by atomic mass is 16.5. The summed E-state index contributed by atoms with van der Waals surface area (Å²) in [6, 6.07) is 7.22. The zero-order chi connectivity index (χ0) is 19.6. The van der Waals surface area contributed by atoms with Crippen LogP contribution in [0.15, 0.2) is 35.3 Å². The summed E-state index contributed by atoms with van der Waals surface area (Å²) in [4.78, 5) is 44.4. The van der Waals surface area contributed by atoms with Crippen LogP contribution in [0.4, 0.5) is 0 Å². The van der Waals surface area contributed by atoms with E-state index >= 15 is 0 Å². The molecule has 0 bridgehead atoms. The van der Waals surface area contributed by atoms with Crippen LogP contribution in [0.1, 0.15) is 22.9 Å². The predicted octanol–water partition coefficient (Wildman–Crippen LogP) is 0.956. The molecule has 27 heavy (non-hydrogen) atoms. The Morgan fingerprint density at radius 3 is 2.81 bits per heavy atom. The number of methoxy groups -OCH3 is 1. The van der Waals surface area contributed by atoms with E-state index in [-0.39, 0.29) is 42.5 Å². The molecule has 0 spiro atoms. The summed E-state index contributed by atoms with van der Waals surface area (Å²) >= 11 is 0. The number of aromatic amines is 1. The van der Waals surface area contributed by atoms with Gasteiger partial charge >= 0.3 is 5.97 Å². The van der Waals surface area contributed by atoms with Crippen molar-refractivity contribution in [2.75, 3.05) is 20.2 Å². The van der Waals surface area contributed by atoms with Crippen molar-refractivity contribution >= 4 is 11.9 Å². The summed E-state index contributed by atoms with van der Waals surface area (Å²) in [6.45, 7) is 2.04. The molecule has 2 atom stereocenters. The van der Waals surface area contributed by atoms with E-state index in [0.717, 1.165) is 5.56 Å². The van der Waals surface area contributed by atoms with Crippen LogP contribution in [-0.2, 0) is 16.0 Å². The van der Waals surface area contributed by atoms with Gasteiger partial charge in [-0.2, -0.15) is 0 Å². The molecule has 1 fully saturated rings. The Balaban J connectivity index is 1.80. The van der Waals surface area contributed by atoms with E-state index in [1.807, 2.05) is 6.07 Å². The largest absolute Gasteiger partial charge is 0.497 e. The number of carboxylic acid groups (broad SMARTS) is 1. The highest BCUT2D eigenvalue weighted by Gasteiger charge is 2.40. The molecule has 1 amide bonds. The molecule has 8 nitrogen and oxygen atoms in total. The van der Waals surface area contributed by atoms with Crippen LogP contribution in [0.25, 0.3) is 0 Å². The van der Waals surface area contributed by atoms with Crippen LogP contribution in [-0.4, -0.2) is 52.1 Å². The van der Waals surface area contributed by atoms with E-state index in [0.29, 0.717) is 11.6 Å². The summed E-state index contributed by atoms with van der Waals surface area (Å²) in [5.74, 6) is -1.18. The number of H-pyrrole nitrogens is 1. The van der Waals surface area contributed by atoms with Crippen LogP contribution in [0.3, 0.4) is 0 Å². The van der Waals surface area contributed by atoms with Gasteiger partial charge in [0.05, 0.1) is 19.4 Å². The zero-order valence-electron chi connectivity index (χ0n) is 15.1. The quantitative estimate of drug-likeness (QED) is 0.809. The van der Waals surface area contributed by atoms with Gasteiger partial charge in [0.25, 0.3) is 5.56 Å². The molecular formula is C19H21N3O5. The number of aromatic nitrogens is 2. The number of carbonyl (C=O) groups excluding carboxylic acids is 1. The molecule has 2 aromatic rings. The number of hydrogen-bond acceptors (Lipinski definition) is 5. The fraction of sp³-hybridized carbons (Fsp3) is 0.368. The lowest BCUT2D eigenvalue weighted by atomic mass is 9.89. The Morgan fingerprint density at radius 2 is 2.15 bits per heavy atom. The molecule has 0 saturated carbocycles. The van der Waals surface area contributed by atoms with Crippen molar-refractivity contribution in [1.82, 2.24) is 14.9 Å². The number of nitrogens with one attached hydrogen (secondary N) is 1. The number of aryl methyl sites for hydroxylation is 1. The van der Waals surface area contributed by atoms with Crippen molar-refractivity contribution in [3.8, 4) is 5.75 Å². The maximum absolute atomic E-state index is 12.6.